The molecule has 9 nitrogen and oxygen atoms in total. The zero-order valence-corrected chi connectivity index (χ0v) is 21.7. The van der Waals surface area contributed by atoms with Gasteiger partial charge >= 0.3 is 5.97 Å². The van der Waals surface area contributed by atoms with Crippen LogP contribution < -0.4 is 5.32 Å². The zero-order chi connectivity index (χ0) is 26.2. The number of aryl methyl sites for hydroxylation is 2. The van der Waals surface area contributed by atoms with Crippen LogP contribution >= 0.6 is 0 Å². The molecule has 190 valence electrons. The first-order valence-corrected chi connectivity index (χ1v) is 13.4. The summed E-state index contributed by atoms with van der Waals surface area (Å²) in [5, 5.41) is 15.3. The summed E-state index contributed by atoms with van der Waals surface area (Å²) >= 11 is 0. The number of carbonyl (C=O) groups is 1. The highest BCUT2D eigenvalue weighted by atomic mass is 32.2. The Labute approximate surface area is 209 Å². The standard InChI is InChI=1S/C26H29N3O6S/c1-14-12-20(36(33,34)17-9-7-16(8-10-17)29(31)32)22(25(30)35-26(2,3)4)23-21-18-11-6-15(27-18)13-19(21)28(5)24(14)23/h7-10,12,15,18,27H,6,11,13H2,1-5H3. The highest BCUT2D eigenvalue weighted by Crippen LogP contribution is 2.45. The van der Waals surface area contributed by atoms with Crippen molar-refractivity contribution in [2.75, 3.05) is 0 Å². The number of sulfone groups is 1. The lowest BCUT2D eigenvalue weighted by Crippen LogP contribution is -2.32. The van der Waals surface area contributed by atoms with Gasteiger partial charge in [0.2, 0.25) is 9.84 Å². The summed E-state index contributed by atoms with van der Waals surface area (Å²) in [5.41, 5.74) is 2.58. The molecule has 1 aromatic heterocycles. The van der Waals surface area contributed by atoms with Crippen molar-refractivity contribution in [1.82, 2.24) is 9.88 Å². The Hall–Kier alpha value is -3.24. The topological polar surface area (TPSA) is 121 Å². The lowest BCUT2D eigenvalue weighted by molar-refractivity contribution is -0.384. The maximum Gasteiger partial charge on any atom is 0.340 e. The van der Waals surface area contributed by atoms with Crippen molar-refractivity contribution < 1.29 is 22.9 Å². The minimum atomic E-state index is -4.21. The molecule has 10 heteroatoms. The van der Waals surface area contributed by atoms with E-state index in [1.165, 1.54) is 18.2 Å². The summed E-state index contributed by atoms with van der Waals surface area (Å²) in [4.78, 5) is 23.9. The number of aromatic nitrogens is 1. The van der Waals surface area contributed by atoms with Crippen LogP contribution in [0.15, 0.2) is 40.1 Å². The predicted molar refractivity (Wildman–Crippen MR) is 134 cm³/mol. The molecule has 1 saturated heterocycles. The van der Waals surface area contributed by atoms with Crippen molar-refractivity contribution in [2.45, 2.75) is 74.4 Å². The first kappa shape index (κ1) is 24.5. The second-order valence-electron chi connectivity index (χ2n) is 10.7. The van der Waals surface area contributed by atoms with E-state index in [1.807, 2.05) is 14.0 Å². The van der Waals surface area contributed by atoms with E-state index in [9.17, 15) is 23.3 Å². The van der Waals surface area contributed by atoms with E-state index in [0.29, 0.717) is 11.4 Å². The van der Waals surface area contributed by atoms with E-state index in [1.54, 1.807) is 20.8 Å². The molecule has 0 saturated carbocycles. The molecule has 0 aliphatic carbocycles. The molecule has 3 heterocycles. The van der Waals surface area contributed by atoms with Gasteiger partial charge in [0.05, 0.1) is 25.8 Å². The van der Waals surface area contributed by atoms with Crippen LogP contribution in [0.25, 0.3) is 10.9 Å². The zero-order valence-electron chi connectivity index (χ0n) is 20.9. The number of nitrogens with zero attached hydrogens (tertiary/aromatic N) is 2. The van der Waals surface area contributed by atoms with Crippen molar-refractivity contribution in [3.8, 4) is 0 Å². The fourth-order valence-electron chi connectivity index (χ4n) is 5.61. The SMILES string of the molecule is Cc1cc(S(=O)(=O)c2ccc([N+](=O)[O-])cc2)c(C(=O)OC(C)(C)C)c2c3c(n(C)c12)CC1CCC3N1. The second kappa shape index (κ2) is 8.14. The van der Waals surface area contributed by atoms with Crippen LogP contribution in [-0.4, -0.2) is 35.5 Å². The summed E-state index contributed by atoms with van der Waals surface area (Å²) in [6.07, 6.45) is 2.72. The van der Waals surface area contributed by atoms with Gasteiger partial charge in [-0.25, -0.2) is 13.2 Å². The molecule has 2 unspecified atom stereocenters. The van der Waals surface area contributed by atoms with E-state index >= 15 is 0 Å². The van der Waals surface area contributed by atoms with Crippen LogP contribution in [0, 0.1) is 17.0 Å². The number of ether oxygens (including phenoxy) is 1. The van der Waals surface area contributed by atoms with E-state index in [4.69, 9.17) is 4.74 Å². The van der Waals surface area contributed by atoms with Gasteiger partial charge < -0.3 is 14.6 Å². The highest BCUT2D eigenvalue weighted by Gasteiger charge is 2.40. The molecule has 1 fully saturated rings. The van der Waals surface area contributed by atoms with Crippen LogP contribution in [0.2, 0.25) is 0 Å². The fourth-order valence-corrected chi connectivity index (χ4v) is 7.15. The van der Waals surface area contributed by atoms with Gasteiger partial charge in [-0.15, -0.1) is 0 Å². The average Bonchev–Trinajstić information content (AvgIpc) is 3.31. The molecular weight excluding hydrogens is 482 g/mol. The minimum Gasteiger partial charge on any atom is -0.456 e. The van der Waals surface area contributed by atoms with Gasteiger partial charge in [-0.2, -0.15) is 0 Å². The number of nitro groups is 1. The van der Waals surface area contributed by atoms with E-state index in [-0.39, 0.29) is 27.1 Å². The first-order chi connectivity index (χ1) is 16.8. The monoisotopic (exact) mass is 511 g/mol. The number of carbonyl (C=O) groups excluding carboxylic acids is 1. The van der Waals surface area contributed by atoms with Gasteiger partial charge in [-0.1, -0.05) is 0 Å². The van der Waals surface area contributed by atoms with Crippen molar-refractivity contribution >= 4 is 32.4 Å². The molecule has 2 atom stereocenters. The van der Waals surface area contributed by atoms with E-state index in [0.717, 1.165) is 53.7 Å². The maximum atomic E-state index is 13.9. The lowest BCUT2D eigenvalue weighted by atomic mass is 9.95. The number of hydrogen-bond acceptors (Lipinski definition) is 7. The summed E-state index contributed by atoms with van der Waals surface area (Å²) in [6, 6.07) is 6.62. The summed E-state index contributed by atoms with van der Waals surface area (Å²) in [5.74, 6) is -0.707. The van der Waals surface area contributed by atoms with Crippen molar-refractivity contribution in [2.24, 2.45) is 7.05 Å². The van der Waals surface area contributed by atoms with Crippen LogP contribution in [0.1, 0.15) is 66.8 Å². The Bertz CT molecular complexity index is 1530. The van der Waals surface area contributed by atoms with Gasteiger partial charge in [0.25, 0.3) is 5.69 Å². The van der Waals surface area contributed by atoms with Crippen LogP contribution in [0.3, 0.4) is 0 Å². The van der Waals surface area contributed by atoms with Crippen LogP contribution in [-0.2, 0) is 28.0 Å². The first-order valence-electron chi connectivity index (χ1n) is 11.9. The molecule has 0 spiro atoms. The quantitative estimate of drug-likeness (QED) is 0.310. The lowest BCUT2D eigenvalue weighted by Gasteiger charge is -2.24. The maximum absolute atomic E-state index is 13.9. The Morgan fingerprint density at radius 1 is 1.19 bits per heavy atom. The smallest absolute Gasteiger partial charge is 0.340 e. The van der Waals surface area contributed by atoms with Crippen molar-refractivity contribution in [1.29, 1.82) is 0 Å². The molecule has 2 aromatic carbocycles. The molecule has 1 N–H and O–H groups in total. The number of hydrogen-bond donors (Lipinski definition) is 1. The largest absolute Gasteiger partial charge is 0.456 e. The number of non-ortho nitro benzene ring substituents is 1. The third-order valence-electron chi connectivity index (χ3n) is 7.05. The summed E-state index contributed by atoms with van der Waals surface area (Å²) in [6.45, 7) is 7.06. The van der Waals surface area contributed by atoms with Gasteiger partial charge in [0.15, 0.2) is 0 Å². The number of benzene rings is 2. The number of nitro benzene ring substituents is 1. The third kappa shape index (κ3) is 3.79. The molecule has 2 bridgehead atoms. The Morgan fingerprint density at radius 2 is 1.86 bits per heavy atom. The summed E-state index contributed by atoms with van der Waals surface area (Å²) < 4.78 is 35.7. The molecule has 3 aromatic rings. The van der Waals surface area contributed by atoms with E-state index < -0.39 is 26.3 Å². The van der Waals surface area contributed by atoms with Crippen LogP contribution in [0.5, 0.6) is 0 Å². The van der Waals surface area contributed by atoms with Gasteiger partial charge in [0, 0.05) is 48.8 Å². The Kier molecular flexibility index (Phi) is 5.53. The molecule has 5 rings (SSSR count). The fraction of sp³-hybridized carbons (Fsp3) is 0.423. The molecule has 0 radical (unpaired) electrons. The molecular formula is C26H29N3O6S. The average molecular weight is 512 g/mol. The van der Waals surface area contributed by atoms with Crippen molar-refractivity contribution in [3.63, 3.8) is 0 Å². The van der Waals surface area contributed by atoms with Gasteiger partial charge in [0.1, 0.15) is 5.60 Å². The summed E-state index contributed by atoms with van der Waals surface area (Å²) in [7, 11) is -2.25. The molecule has 36 heavy (non-hydrogen) atoms. The number of nitrogens with one attached hydrogen (secondary N) is 1. The number of rotatable bonds is 4. The predicted octanol–water partition coefficient (Wildman–Crippen LogP) is 4.53. The van der Waals surface area contributed by atoms with Crippen LogP contribution in [0.4, 0.5) is 5.69 Å². The number of esters is 1. The second-order valence-corrected chi connectivity index (χ2v) is 12.6. The normalized spacial score (nSPS) is 19.4. The van der Waals surface area contributed by atoms with Gasteiger partial charge in [-0.05, 0) is 69.9 Å². The number of fused-ring (bicyclic) bond motifs is 6. The van der Waals surface area contributed by atoms with E-state index in [2.05, 4.69) is 9.88 Å². The highest BCUT2D eigenvalue weighted by molar-refractivity contribution is 7.91. The molecule has 0 amide bonds. The van der Waals surface area contributed by atoms with Crippen molar-refractivity contribution in [3.05, 3.63) is 62.8 Å². The van der Waals surface area contributed by atoms with Gasteiger partial charge in [-0.3, -0.25) is 10.1 Å². The molecule has 2 aliphatic rings. The molecule has 2 aliphatic heterocycles. The Morgan fingerprint density at radius 3 is 2.47 bits per heavy atom. The minimum absolute atomic E-state index is 0.0212. The Balaban J connectivity index is 1.83. The third-order valence-corrected chi connectivity index (χ3v) is 8.85.